The zero-order valence-electron chi connectivity index (χ0n) is 12.3. The average molecular weight is 306 g/mol. The van der Waals surface area contributed by atoms with Crippen molar-refractivity contribution in [1.29, 1.82) is 0 Å². The Hall–Kier alpha value is -3.21. The van der Waals surface area contributed by atoms with Crippen LogP contribution in [0, 0.1) is 10.1 Å². The molecule has 3 aromatic rings. The molecule has 0 bridgehead atoms. The highest BCUT2D eigenvalue weighted by Crippen LogP contribution is 2.32. The molecule has 0 unspecified atom stereocenters. The van der Waals surface area contributed by atoms with Gasteiger partial charge < -0.3 is 4.74 Å². The van der Waals surface area contributed by atoms with Crippen molar-refractivity contribution in [3.05, 3.63) is 88.7 Å². The second-order valence-electron chi connectivity index (χ2n) is 4.95. The fourth-order valence-corrected chi connectivity index (χ4v) is 2.24. The van der Waals surface area contributed by atoms with E-state index in [1.54, 1.807) is 18.5 Å². The molecule has 0 aliphatic rings. The van der Waals surface area contributed by atoms with E-state index < -0.39 is 4.92 Å². The van der Waals surface area contributed by atoms with Crippen molar-refractivity contribution >= 4 is 5.69 Å². The van der Waals surface area contributed by atoms with Gasteiger partial charge in [0.15, 0.2) is 5.75 Å². The van der Waals surface area contributed by atoms with Crippen molar-refractivity contribution in [3.63, 3.8) is 0 Å². The summed E-state index contributed by atoms with van der Waals surface area (Å²) in [6.45, 7) is 0.288. The largest absolute Gasteiger partial charge is 0.482 e. The monoisotopic (exact) mass is 306 g/mol. The summed E-state index contributed by atoms with van der Waals surface area (Å²) in [6, 6.07) is 18.1. The Morgan fingerprint density at radius 2 is 1.70 bits per heavy atom. The molecular weight excluding hydrogens is 292 g/mol. The minimum absolute atomic E-state index is 0.0461. The quantitative estimate of drug-likeness (QED) is 0.522. The number of benzene rings is 2. The fourth-order valence-electron chi connectivity index (χ4n) is 2.24. The summed E-state index contributed by atoms with van der Waals surface area (Å²) < 4.78 is 5.62. The standard InChI is InChI=1S/C18H14N2O3/c21-20(22)17-12-16(15-8-10-19-11-9-15)6-7-18(17)23-13-14-4-2-1-3-5-14/h1-12H,13H2. The molecule has 0 saturated carbocycles. The third kappa shape index (κ3) is 3.52. The van der Waals surface area contributed by atoms with Crippen molar-refractivity contribution in [2.45, 2.75) is 6.61 Å². The summed E-state index contributed by atoms with van der Waals surface area (Å²) in [6.07, 6.45) is 3.31. The molecule has 2 aromatic carbocycles. The van der Waals surface area contributed by atoms with Gasteiger partial charge in [0.05, 0.1) is 4.92 Å². The van der Waals surface area contributed by atoms with E-state index in [9.17, 15) is 10.1 Å². The van der Waals surface area contributed by atoms with E-state index in [1.807, 2.05) is 48.5 Å². The molecule has 0 aliphatic carbocycles. The third-order valence-electron chi connectivity index (χ3n) is 3.41. The van der Waals surface area contributed by atoms with Crippen molar-refractivity contribution in [1.82, 2.24) is 4.98 Å². The van der Waals surface area contributed by atoms with Crippen molar-refractivity contribution in [2.75, 3.05) is 0 Å². The first-order chi connectivity index (χ1) is 11.2. The molecular formula is C18H14N2O3. The van der Waals surface area contributed by atoms with E-state index in [2.05, 4.69) is 4.98 Å². The van der Waals surface area contributed by atoms with Crippen LogP contribution in [0.5, 0.6) is 5.75 Å². The Kier molecular flexibility index (Phi) is 4.29. The molecule has 0 saturated heterocycles. The highest BCUT2D eigenvalue weighted by atomic mass is 16.6. The van der Waals surface area contributed by atoms with Gasteiger partial charge in [-0.05, 0) is 34.9 Å². The van der Waals surface area contributed by atoms with Crippen LogP contribution in [0.15, 0.2) is 73.1 Å². The van der Waals surface area contributed by atoms with Crippen molar-refractivity contribution in [3.8, 4) is 16.9 Å². The molecule has 1 aromatic heterocycles. The van der Waals surface area contributed by atoms with Crippen LogP contribution < -0.4 is 4.74 Å². The van der Waals surface area contributed by atoms with Gasteiger partial charge in [-0.15, -0.1) is 0 Å². The zero-order chi connectivity index (χ0) is 16.1. The van der Waals surface area contributed by atoms with Crippen LogP contribution in [0.1, 0.15) is 5.56 Å². The maximum atomic E-state index is 11.3. The number of hydrogen-bond donors (Lipinski definition) is 0. The topological polar surface area (TPSA) is 65.3 Å². The van der Waals surface area contributed by atoms with Crippen LogP contribution >= 0.6 is 0 Å². The van der Waals surface area contributed by atoms with Gasteiger partial charge in [0.1, 0.15) is 6.61 Å². The van der Waals surface area contributed by atoms with Gasteiger partial charge in [0, 0.05) is 18.5 Å². The highest BCUT2D eigenvalue weighted by molar-refractivity contribution is 5.68. The van der Waals surface area contributed by atoms with Crippen LogP contribution in [0.4, 0.5) is 5.69 Å². The lowest BCUT2D eigenvalue weighted by molar-refractivity contribution is -0.385. The summed E-state index contributed by atoms with van der Waals surface area (Å²) in [4.78, 5) is 14.9. The molecule has 0 amide bonds. The first-order valence-corrected chi connectivity index (χ1v) is 7.09. The van der Waals surface area contributed by atoms with Crippen LogP contribution in [0.25, 0.3) is 11.1 Å². The lowest BCUT2D eigenvalue weighted by Gasteiger charge is -2.08. The van der Waals surface area contributed by atoms with E-state index >= 15 is 0 Å². The SMILES string of the molecule is O=[N+]([O-])c1cc(-c2ccncc2)ccc1OCc1ccccc1. The lowest BCUT2D eigenvalue weighted by atomic mass is 10.1. The summed E-state index contributed by atoms with van der Waals surface area (Å²) in [5, 5.41) is 11.3. The predicted octanol–water partition coefficient (Wildman–Crippen LogP) is 4.24. The number of aromatic nitrogens is 1. The zero-order valence-corrected chi connectivity index (χ0v) is 12.3. The maximum absolute atomic E-state index is 11.3. The second-order valence-corrected chi connectivity index (χ2v) is 4.95. The van der Waals surface area contributed by atoms with Gasteiger partial charge in [0.25, 0.3) is 0 Å². The lowest BCUT2D eigenvalue weighted by Crippen LogP contribution is -1.99. The minimum atomic E-state index is -0.426. The first-order valence-electron chi connectivity index (χ1n) is 7.09. The second kappa shape index (κ2) is 6.70. The smallest absolute Gasteiger partial charge is 0.311 e. The average Bonchev–Trinajstić information content (AvgIpc) is 2.61. The molecule has 0 fully saturated rings. The van der Waals surface area contributed by atoms with E-state index in [0.29, 0.717) is 0 Å². The van der Waals surface area contributed by atoms with Crippen molar-refractivity contribution < 1.29 is 9.66 Å². The molecule has 0 N–H and O–H groups in total. The van der Waals surface area contributed by atoms with Gasteiger partial charge in [-0.1, -0.05) is 36.4 Å². The Morgan fingerprint density at radius 3 is 2.39 bits per heavy atom. The Bertz CT molecular complexity index is 805. The van der Waals surface area contributed by atoms with Crippen molar-refractivity contribution in [2.24, 2.45) is 0 Å². The molecule has 3 rings (SSSR count). The summed E-state index contributed by atoms with van der Waals surface area (Å²) in [5.74, 6) is 0.261. The van der Waals surface area contributed by atoms with E-state index in [1.165, 1.54) is 6.07 Å². The van der Waals surface area contributed by atoms with Gasteiger partial charge in [-0.25, -0.2) is 0 Å². The number of nitro groups is 1. The summed E-state index contributed by atoms with van der Waals surface area (Å²) in [7, 11) is 0. The number of pyridine rings is 1. The number of nitro benzene ring substituents is 1. The summed E-state index contributed by atoms with van der Waals surface area (Å²) >= 11 is 0. The molecule has 0 spiro atoms. The molecule has 23 heavy (non-hydrogen) atoms. The Balaban J connectivity index is 1.87. The molecule has 5 nitrogen and oxygen atoms in total. The fraction of sp³-hybridized carbons (Fsp3) is 0.0556. The predicted molar refractivity (Wildman–Crippen MR) is 87.1 cm³/mol. The molecule has 0 radical (unpaired) electrons. The van der Waals surface area contributed by atoms with E-state index in [0.717, 1.165) is 16.7 Å². The van der Waals surface area contributed by atoms with E-state index in [4.69, 9.17) is 4.74 Å². The minimum Gasteiger partial charge on any atom is -0.482 e. The van der Waals surface area contributed by atoms with Crippen LogP contribution in [-0.2, 0) is 6.61 Å². The number of nitrogens with zero attached hydrogens (tertiary/aromatic N) is 2. The number of rotatable bonds is 5. The summed E-state index contributed by atoms with van der Waals surface area (Å²) in [5.41, 5.74) is 2.54. The molecule has 114 valence electrons. The van der Waals surface area contributed by atoms with Crippen LogP contribution in [0.2, 0.25) is 0 Å². The van der Waals surface area contributed by atoms with Crippen LogP contribution in [0.3, 0.4) is 0 Å². The molecule has 5 heteroatoms. The number of ether oxygens (including phenoxy) is 1. The van der Waals surface area contributed by atoms with Crippen LogP contribution in [-0.4, -0.2) is 9.91 Å². The first kappa shape index (κ1) is 14.7. The maximum Gasteiger partial charge on any atom is 0.311 e. The third-order valence-corrected chi connectivity index (χ3v) is 3.41. The highest BCUT2D eigenvalue weighted by Gasteiger charge is 2.16. The van der Waals surface area contributed by atoms with E-state index in [-0.39, 0.29) is 18.0 Å². The van der Waals surface area contributed by atoms with Gasteiger partial charge in [-0.3, -0.25) is 15.1 Å². The Morgan fingerprint density at radius 1 is 0.957 bits per heavy atom. The molecule has 0 atom stereocenters. The molecule has 1 heterocycles. The van der Waals surface area contributed by atoms with Gasteiger partial charge in [-0.2, -0.15) is 0 Å². The normalized spacial score (nSPS) is 10.3. The van der Waals surface area contributed by atoms with Gasteiger partial charge in [0.2, 0.25) is 0 Å². The Labute approximate surface area is 133 Å². The van der Waals surface area contributed by atoms with Gasteiger partial charge >= 0.3 is 5.69 Å². The molecule has 0 aliphatic heterocycles. The number of hydrogen-bond acceptors (Lipinski definition) is 4.